The Hall–Kier alpha value is -1.36. The lowest BCUT2D eigenvalue weighted by molar-refractivity contribution is 0.0759. The maximum Gasteiger partial charge on any atom is 0.274 e. The number of carbonyl (C=O) groups excluding carboxylic acids is 1. The molecule has 1 aliphatic heterocycles. The minimum Gasteiger partial charge on any atom is -0.336 e. The van der Waals surface area contributed by atoms with Crippen LogP contribution < -0.4 is 5.32 Å². The molecule has 5 nitrogen and oxygen atoms in total. The Bertz CT molecular complexity index is 358. The highest BCUT2D eigenvalue weighted by atomic mass is 16.2. The van der Waals surface area contributed by atoms with Crippen LogP contribution in [0.2, 0.25) is 0 Å². The van der Waals surface area contributed by atoms with Crippen molar-refractivity contribution in [1.29, 1.82) is 0 Å². The molecule has 1 N–H and O–H groups in total. The smallest absolute Gasteiger partial charge is 0.274 e. The number of carbonyl (C=O) groups is 1. The maximum atomic E-state index is 12.1. The summed E-state index contributed by atoms with van der Waals surface area (Å²) in [5, 5.41) is 7.50. The van der Waals surface area contributed by atoms with Crippen molar-refractivity contribution in [3.63, 3.8) is 0 Å². The normalized spacial score (nSPS) is 17.2. The van der Waals surface area contributed by atoms with Crippen molar-refractivity contribution in [2.45, 2.75) is 13.3 Å². The van der Waals surface area contributed by atoms with Gasteiger partial charge in [0.15, 0.2) is 5.69 Å². The Balaban J connectivity index is 2.11. The van der Waals surface area contributed by atoms with E-state index in [1.165, 1.54) is 0 Å². The van der Waals surface area contributed by atoms with Gasteiger partial charge >= 0.3 is 0 Å². The minimum absolute atomic E-state index is 0.0485. The van der Waals surface area contributed by atoms with Gasteiger partial charge < -0.3 is 10.2 Å². The fourth-order valence-electron chi connectivity index (χ4n) is 1.88. The molecule has 1 amide bonds. The number of hydrogen-bond donors (Lipinski definition) is 1. The summed E-state index contributed by atoms with van der Waals surface area (Å²) in [5.41, 5.74) is 1.57. The molecule has 1 saturated heterocycles. The zero-order valence-corrected chi connectivity index (χ0v) is 9.86. The summed E-state index contributed by atoms with van der Waals surface area (Å²) in [6, 6.07) is 1.85. The third kappa shape index (κ3) is 2.24. The van der Waals surface area contributed by atoms with Gasteiger partial charge in [0, 0.05) is 32.4 Å². The van der Waals surface area contributed by atoms with Gasteiger partial charge in [-0.05, 0) is 26.0 Å². The first kappa shape index (κ1) is 11.1. The number of amides is 1. The number of rotatable bonds is 1. The van der Waals surface area contributed by atoms with E-state index >= 15 is 0 Å². The van der Waals surface area contributed by atoms with Crippen LogP contribution in [0.4, 0.5) is 0 Å². The molecule has 88 valence electrons. The Morgan fingerprint density at radius 2 is 2.25 bits per heavy atom. The van der Waals surface area contributed by atoms with E-state index in [1.54, 1.807) is 4.68 Å². The van der Waals surface area contributed by atoms with Crippen LogP contribution in [0.15, 0.2) is 6.07 Å². The average molecular weight is 222 g/mol. The molecule has 0 bridgehead atoms. The van der Waals surface area contributed by atoms with Crippen LogP contribution in [-0.2, 0) is 7.05 Å². The maximum absolute atomic E-state index is 12.1. The molecule has 0 radical (unpaired) electrons. The number of aryl methyl sites for hydroxylation is 2. The molecular weight excluding hydrogens is 204 g/mol. The second-order valence-corrected chi connectivity index (χ2v) is 4.19. The standard InChI is InChI=1S/C11H18N4O/c1-9-8-10(13-14(9)2)11(16)15-6-3-4-12-5-7-15/h8,12H,3-7H2,1-2H3. The van der Waals surface area contributed by atoms with Crippen molar-refractivity contribution in [1.82, 2.24) is 20.0 Å². The number of hydrogen-bond acceptors (Lipinski definition) is 3. The van der Waals surface area contributed by atoms with Gasteiger partial charge in [-0.3, -0.25) is 9.48 Å². The van der Waals surface area contributed by atoms with Crippen molar-refractivity contribution in [3.8, 4) is 0 Å². The van der Waals surface area contributed by atoms with Crippen molar-refractivity contribution < 1.29 is 4.79 Å². The molecule has 1 aliphatic rings. The third-order valence-corrected chi connectivity index (χ3v) is 2.96. The molecule has 0 aliphatic carbocycles. The first-order valence-corrected chi connectivity index (χ1v) is 5.69. The fourth-order valence-corrected chi connectivity index (χ4v) is 1.88. The van der Waals surface area contributed by atoms with Crippen molar-refractivity contribution in [2.24, 2.45) is 7.05 Å². The largest absolute Gasteiger partial charge is 0.336 e. The van der Waals surface area contributed by atoms with E-state index in [2.05, 4.69) is 10.4 Å². The highest BCUT2D eigenvalue weighted by Crippen LogP contribution is 2.07. The van der Waals surface area contributed by atoms with E-state index in [1.807, 2.05) is 24.9 Å². The van der Waals surface area contributed by atoms with Crippen LogP contribution in [0.25, 0.3) is 0 Å². The van der Waals surface area contributed by atoms with E-state index in [-0.39, 0.29) is 5.91 Å². The molecule has 16 heavy (non-hydrogen) atoms. The summed E-state index contributed by atoms with van der Waals surface area (Å²) >= 11 is 0. The van der Waals surface area contributed by atoms with E-state index in [0.717, 1.165) is 38.3 Å². The molecule has 0 spiro atoms. The molecule has 1 aromatic heterocycles. The lowest BCUT2D eigenvalue weighted by Crippen LogP contribution is -2.34. The Morgan fingerprint density at radius 3 is 2.94 bits per heavy atom. The molecule has 5 heteroatoms. The second-order valence-electron chi connectivity index (χ2n) is 4.19. The molecule has 1 aromatic rings. The molecule has 1 fully saturated rings. The Labute approximate surface area is 95.4 Å². The van der Waals surface area contributed by atoms with Crippen LogP contribution in [0, 0.1) is 6.92 Å². The molecule has 0 saturated carbocycles. The highest BCUT2D eigenvalue weighted by molar-refractivity contribution is 5.92. The van der Waals surface area contributed by atoms with Gasteiger partial charge in [-0.2, -0.15) is 5.10 Å². The van der Waals surface area contributed by atoms with Crippen molar-refractivity contribution in [2.75, 3.05) is 26.2 Å². The lowest BCUT2D eigenvalue weighted by atomic mass is 10.3. The zero-order valence-electron chi connectivity index (χ0n) is 9.86. The Morgan fingerprint density at radius 1 is 1.44 bits per heavy atom. The monoisotopic (exact) mass is 222 g/mol. The first-order valence-electron chi connectivity index (χ1n) is 5.69. The second kappa shape index (κ2) is 4.65. The van der Waals surface area contributed by atoms with Gasteiger partial charge in [-0.25, -0.2) is 0 Å². The molecule has 0 unspecified atom stereocenters. The summed E-state index contributed by atoms with van der Waals surface area (Å²) in [6.45, 7) is 5.41. The van der Waals surface area contributed by atoms with Gasteiger partial charge in [0.1, 0.15) is 0 Å². The fraction of sp³-hybridized carbons (Fsp3) is 0.636. The minimum atomic E-state index is 0.0485. The van der Waals surface area contributed by atoms with E-state index in [9.17, 15) is 4.79 Å². The summed E-state index contributed by atoms with van der Waals surface area (Å²) in [5.74, 6) is 0.0485. The molecule has 0 aromatic carbocycles. The summed E-state index contributed by atoms with van der Waals surface area (Å²) < 4.78 is 1.74. The summed E-state index contributed by atoms with van der Waals surface area (Å²) in [7, 11) is 1.86. The topological polar surface area (TPSA) is 50.2 Å². The molecule has 0 atom stereocenters. The van der Waals surface area contributed by atoms with Crippen LogP contribution in [-0.4, -0.2) is 46.8 Å². The van der Waals surface area contributed by atoms with Crippen molar-refractivity contribution >= 4 is 5.91 Å². The predicted molar refractivity (Wildman–Crippen MR) is 61.3 cm³/mol. The zero-order chi connectivity index (χ0) is 11.5. The first-order chi connectivity index (χ1) is 7.68. The third-order valence-electron chi connectivity index (χ3n) is 2.96. The summed E-state index contributed by atoms with van der Waals surface area (Å²) in [4.78, 5) is 14.0. The van der Waals surface area contributed by atoms with Gasteiger partial charge in [-0.15, -0.1) is 0 Å². The number of aromatic nitrogens is 2. The van der Waals surface area contributed by atoms with Crippen LogP contribution in [0.5, 0.6) is 0 Å². The number of nitrogens with one attached hydrogen (secondary N) is 1. The quantitative estimate of drug-likeness (QED) is 0.736. The summed E-state index contributed by atoms with van der Waals surface area (Å²) in [6.07, 6.45) is 1.01. The van der Waals surface area contributed by atoms with Gasteiger partial charge in [0.25, 0.3) is 5.91 Å². The molecular formula is C11H18N4O. The Kier molecular flexibility index (Phi) is 3.24. The van der Waals surface area contributed by atoms with Crippen LogP contribution >= 0.6 is 0 Å². The lowest BCUT2D eigenvalue weighted by Gasteiger charge is -2.18. The van der Waals surface area contributed by atoms with Crippen molar-refractivity contribution in [3.05, 3.63) is 17.5 Å². The van der Waals surface area contributed by atoms with E-state index < -0.39 is 0 Å². The van der Waals surface area contributed by atoms with Gasteiger partial charge in [0.05, 0.1) is 0 Å². The van der Waals surface area contributed by atoms with Gasteiger partial charge in [0.2, 0.25) is 0 Å². The van der Waals surface area contributed by atoms with Gasteiger partial charge in [-0.1, -0.05) is 0 Å². The molecule has 2 rings (SSSR count). The molecule has 2 heterocycles. The highest BCUT2D eigenvalue weighted by Gasteiger charge is 2.19. The average Bonchev–Trinajstić information content (AvgIpc) is 2.51. The van der Waals surface area contributed by atoms with Crippen LogP contribution in [0.1, 0.15) is 22.6 Å². The van der Waals surface area contributed by atoms with E-state index in [0.29, 0.717) is 5.69 Å². The SMILES string of the molecule is Cc1cc(C(=O)N2CCCNCC2)nn1C. The van der Waals surface area contributed by atoms with E-state index in [4.69, 9.17) is 0 Å². The predicted octanol–water partition coefficient (Wildman–Crippen LogP) is 0.164. The van der Waals surface area contributed by atoms with Crippen LogP contribution in [0.3, 0.4) is 0 Å². The number of nitrogens with zero attached hydrogens (tertiary/aromatic N) is 3.